The lowest BCUT2D eigenvalue weighted by molar-refractivity contribution is -0.120. The molecule has 0 saturated heterocycles. The van der Waals surface area contributed by atoms with Crippen LogP contribution in [0, 0.1) is 0 Å². The summed E-state index contributed by atoms with van der Waals surface area (Å²) in [5, 5.41) is 2.91. The van der Waals surface area contributed by atoms with Crippen molar-refractivity contribution in [2.75, 3.05) is 5.88 Å². The molecule has 0 aliphatic heterocycles. The maximum Gasteiger partial charge on any atom is 0.235 e. The van der Waals surface area contributed by atoms with Crippen LogP contribution >= 0.6 is 11.6 Å². The summed E-state index contributed by atoms with van der Waals surface area (Å²) >= 11 is 5.49. The fraction of sp³-hybridized carbons (Fsp3) is 0.500. The first-order valence-corrected chi connectivity index (χ1v) is 6.45. The molecule has 0 unspecified atom stereocenters. The van der Waals surface area contributed by atoms with E-state index in [9.17, 15) is 4.79 Å². The van der Waals surface area contributed by atoms with Gasteiger partial charge in [0.1, 0.15) is 5.88 Å². The van der Waals surface area contributed by atoms with E-state index in [-0.39, 0.29) is 17.3 Å². The number of nitrogens with one attached hydrogen (secondary N) is 1. The maximum absolute atomic E-state index is 11.3. The Hall–Kier alpha value is -1.02. The van der Waals surface area contributed by atoms with E-state index in [4.69, 9.17) is 11.6 Å². The molecule has 1 amide bonds. The fourth-order valence-corrected chi connectivity index (χ4v) is 1.92. The number of aryl methyl sites for hydroxylation is 1. The number of amides is 1. The maximum atomic E-state index is 11.3. The Morgan fingerprint density at radius 1 is 1.24 bits per heavy atom. The third kappa shape index (κ3) is 4.78. The predicted octanol–water partition coefficient (Wildman–Crippen LogP) is 2.93. The fourth-order valence-electron chi connectivity index (χ4n) is 1.86. The lowest BCUT2D eigenvalue weighted by atomic mass is 9.94. The second kappa shape index (κ2) is 6.06. The van der Waals surface area contributed by atoms with Crippen LogP contribution in [0.3, 0.4) is 0 Å². The van der Waals surface area contributed by atoms with Crippen LogP contribution < -0.4 is 5.32 Å². The first-order chi connectivity index (χ1) is 7.96. The number of hydrogen-bond acceptors (Lipinski definition) is 1. The minimum absolute atomic E-state index is 0.0121. The van der Waals surface area contributed by atoms with Crippen molar-refractivity contribution in [1.82, 2.24) is 5.32 Å². The smallest absolute Gasteiger partial charge is 0.235 e. The van der Waals surface area contributed by atoms with Crippen molar-refractivity contribution in [3.8, 4) is 0 Å². The molecule has 0 fully saturated rings. The molecule has 1 aromatic carbocycles. The van der Waals surface area contributed by atoms with Gasteiger partial charge in [-0.3, -0.25) is 4.79 Å². The van der Waals surface area contributed by atoms with E-state index in [1.165, 1.54) is 11.1 Å². The largest absolute Gasteiger partial charge is 0.350 e. The van der Waals surface area contributed by atoms with Gasteiger partial charge in [0.2, 0.25) is 5.91 Å². The van der Waals surface area contributed by atoms with Crippen molar-refractivity contribution < 1.29 is 4.79 Å². The topological polar surface area (TPSA) is 29.1 Å². The molecule has 1 aromatic rings. The van der Waals surface area contributed by atoms with E-state index in [1.807, 2.05) is 13.8 Å². The SMILES string of the molecule is CCc1ccc(CC(C)(C)NC(=O)CCl)cc1. The molecular weight excluding hydrogens is 234 g/mol. The summed E-state index contributed by atoms with van der Waals surface area (Å²) in [6, 6.07) is 8.50. The summed E-state index contributed by atoms with van der Waals surface area (Å²) in [5.41, 5.74) is 2.29. The average molecular weight is 254 g/mol. The van der Waals surface area contributed by atoms with Gasteiger partial charge in [-0.25, -0.2) is 0 Å². The molecule has 0 bridgehead atoms. The van der Waals surface area contributed by atoms with Crippen LogP contribution in [0.25, 0.3) is 0 Å². The van der Waals surface area contributed by atoms with E-state index >= 15 is 0 Å². The molecular formula is C14H20ClNO. The van der Waals surface area contributed by atoms with Crippen LogP contribution in [-0.4, -0.2) is 17.3 Å². The Morgan fingerprint density at radius 2 is 1.76 bits per heavy atom. The second-order valence-corrected chi connectivity index (χ2v) is 5.18. The van der Waals surface area contributed by atoms with E-state index < -0.39 is 0 Å². The number of rotatable bonds is 5. The Balaban J connectivity index is 2.65. The zero-order valence-electron chi connectivity index (χ0n) is 10.7. The Morgan fingerprint density at radius 3 is 2.24 bits per heavy atom. The number of alkyl halides is 1. The first kappa shape index (κ1) is 14.0. The Labute approximate surface area is 108 Å². The van der Waals surface area contributed by atoms with E-state index in [0.29, 0.717) is 0 Å². The zero-order valence-corrected chi connectivity index (χ0v) is 11.5. The van der Waals surface area contributed by atoms with Crippen LogP contribution in [0.5, 0.6) is 0 Å². The predicted molar refractivity (Wildman–Crippen MR) is 72.5 cm³/mol. The highest BCUT2D eigenvalue weighted by Crippen LogP contribution is 2.14. The molecule has 0 saturated carbocycles. The summed E-state index contributed by atoms with van der Waals surface area (Å²) in [5.74, 6) is -0.111. The highest BCUT2D eigenvalue weighted by atomic mass is 35.5. The molecule has 0 radical (unpaired) electrons. The van der Waals surface area contributed by atoms with Gasteiger partial charge in [-0.2, -0.15) is 0 Å². The van der Waals surface area contributed by atoms with Gasteiger partial charge in [0.25, 0.3) is 0 Å². The van der Waals surface area contributed by atoms with Gasteiger partial charge >= 0.3 is 0 Å². The van der Waals surface area contributed by atoms with Gasteiger partial charge < -0.3 is 5.32 Å². The number of benzene rings is 1. The highest BCUT2D eigenvalue weighted by molar-refractivity contribution is 6.27. The summed E-state index contributed by atoms with van der Waals surface area (Å²) in [4.78, 5) is 11.3. The monoisotopic (exact) mass is 253 g/mol. The van der Waals surface area contributed by atoms with Gasteiger partial charge in [0.15, 0.2) is 0 Å². The van der Waals surface area contributed by atoms with Crippen molar-refractivity contribution in [3.05, 3.63) is 35.4 Å². The third-order valence-electron chi connectivity index (χ3n) is 2.68. The van der Waals surface area contributed by atoms with Crippen molar-refractivity contribution in [2.45, 2.75) is 39.2 Å². The Bertz CT molecular complexity index is 370. The second-order valence-electron chi connectivity index (χ2n) is 4.91. The lowest BCUT2D eigenvalue weighted by Crippen LogP contribution is -2.45. The first-order valence-electron chi connectivity index (χ1n) is 5.91. The quantitative estimate of drug-likeness (QED) is 0.804. The average Bonchev–Trinajstić information content (AvgIpc) is 2.28. The molecule has 0 aliphatic carbocycles. The van der Waals surface area contributed by atoms with Crippen LogP contribution in [-0.2, 0) is 17.6 Å². The van der Waals surface area contributed by atoms with Gasteiger partial charge in [-0.15, -0.1) is 11.6 Å². The molecule has 94 valence electrons. The number of hydrogen-bond donors (Lipinski definition) is 1. The van der Waals surface area contributed by atoms with Crippen LogP contribution in [0.4, 0.5) is 0 Å². The molecule has 1 rings (SSSR count). The van der Waals surface area contributed by atoms with Gasteiger partial charge in [0.05, 0.1) is 0 Å². The summed E-state index contributed by atoms with van der Waals surface area (Å²) in [7, 11) is 0. The number of carbonyl (C=O) groups excluding carboxylic acids is 1. The van der Waals surface area contributed by atoms with Crippen LogP contribution in [0.2, 0.25) is 0 Å². The van der Waals surface area contributed by atoms with Gasteiger partial charge in [0, 0.05) is 5.54 Å². The minimum Gasteiger partial charge on any atom is -0.350 e. The van der Waals surface area contributed by atoms with Gasteiger partial charge in [-0.1, -0.05) is 31.2 Å². The number of carbonyl (C=O) groups is 1. The minimum atomic E-state index is -0.264. The third-order valence-corrected chi connectivity index (χ3v) is 2.92. The van der Waals surface area contributed by atoms with Crippen LogP contribution in [0.15, 0.2) is 24.3 Å². The lowest BCUT2D eigenvalue weighted by Gasteiger charge is -2.26. The van der Waals surface area contributed by atoms with Crippen molar-refractivity contribution in [1.29, 1.82) is 0 Å². The van der Waals surface area contributed by atoms with Crippen molar-refractivity contribution >= 4 is 17.5 Å². The molecule has 17 heavy (non-hydrogen) atoms. The zero-order chi connectivity index (χ0) is 12.9. The van der Waals surface area contributed by atoms with Gasteiger partial charge in [-0.05, 0) is 37.8 Å². The Kier molecular flexibility index (Phi) is 5.01. The molecule has 0 atom stereocenters. The van der Waals surface area contributed by atoms with E-state index in [0.717, 1.165) is 12.8 Å². The van der Waals surface area contributed by atoms with Crippen LogP contribution in [0.1, 0.15) is 31.9 Å². The van der Waals surface area contributed by atoms with Crippen molar-refractivity contribution in [3.63, 3.8) is 0 Å². The molecule has 0 aromatic heterocycles. The number of halogens is 1. The molecule has 1 N–H and O–H groups in total. The highest BCUT2D eigenvalue weighted by Gasteiger charge is 2.20. The summed E-state index contributed by atoms with van der Waals surface area (Å²) in [6.45, 7) is 6.15. The molecule has 0 spiro atoms. The van der Waals surface area contributed by atoms with Crippen molar-refractivity contribution in [2.24, 2.45) is 0 Å². The molecule has 0 heterocycles. The molecule has 2 nitrogen and oxygen atoms in total. The molecule has 0 aliphatic rings. The normalized spacial score (nSPS) is 11.3. The van der Waals surface area contributed by atoms with E-state index in [2.05, 4.69) is 36.5 Å². The van der Waals surface area contributed by atoms with E-state index in [1.54, 1.807) is 0 Å². The standard InChI is InChI=1S/C14H20ClNO/c1-4-11-5-7-12(8-6-11)9-14(2,3)16-13(17)10-15/h5-8H,4,9-10H2,1-3H3,(H,16,17). The summed E-state index contributed by atoms with van der Waals surface area (Å²) < 4.78 is 0. The summed E-state index contributed by atoms with van der Waals surface area (Å²) in [6.07, 6.45) is 1.85. The molecule has 3 heteroatoms.